The second-order valence-corrected chi connectivity index (χ2v) is 5.90. The first-order valence-electron chi connectivity index (χ1n) is 6.55. The Labute approximate surface area is 148 Å². The van der Waals surface area contributed by atoms with Crippen LogP contribution in [0.3, 0.4) is 0 Å². The Morgan fingerprint density at radius 3 is 2.52 bits per heavy atom. The third kappa shape index (κ3) is 4.61. The molecule has 2 aromatic rings. The molecule has 4 nitrogen and oxygen atoms in total. The van der Waals surface area contributed by atoms with Crippen LogP contribution >= 0.6 is 34.8 Å². The number of aryl methyl sites for hydroxylation is 1. The Hall–Kier alpha value is -1.75. The van der Waals surface area contributed by atoms with Gasteiger partial charge in [0.25, 0.3) is 5.91 Å². The van der Waals surface area contributed by atoms with Crippen molar-refractivity contribution in [3.05, 3.63) is 62.6 Å². The summed E-state index contributed by atoms with van der Waals surface area (Å²) in [5.41, 5.74) is 1.51. The summed E-state index contributed by atoms with van der Waals surface area (Å²) in [4.78, 5) is 23.7. The van der Waals surface area contributed by atoms with Gasteiger partial charge in [-0.25, -0.2) is 4.79 Å². The fourth-order valence-electron chi connectivity index (χ4n) is 1.78. The molecular formula is C16H12Cl3NO3. The topological polar surface area (TPSA) is 55.4 Å². The van der Waals surface area contributed by atoms with Gasteiger partial charge in [-0.3, -0.25) is 4.79 Å². The highest BCUT2D eigenvalue weighted by Gasteiger charge is 2.16. The van der Waals surface area contributed by atoms with E-state index in [1.165, 1.54) is 6.07 Å². The molecule has 0 spiro atoms. The lowest BCUT2D eigenvalue weighted by molar-refractivity contribution is -0.119. The molecule has 0 aliphatic heterocycles. The van der Waals surface area contributed by atoms with Crippen molar-refractivity contribution in [3.8, 4) is 0 Å². The lowest BCUT2D eigenvalue weighted by Gasteiger charge is -2.09. The highest BCUT2D eigenvalue weighted by Crippen LogP contribution is 2.26. The van der Waals surface area contributed by atoms with Crippen molar-refractivity contribution in [2.75, 3.05) is 11.9 Å². The molecule has 120 valence electrons. The molecule has 1 amide bonds. The predicted octanol–water partition coefficient (Wildman–Crippen LogP) is 4.75. The standard InChI is InChI=1S/C16H12Cl3NO3/c1-9-5-6-13(12(18)7-9)20-14(21)8-23-16(22)10-3-2-4-11(17)15(10)19/h2-7H,8H2,1H3,(H,20,21). The Morgan fingerprint density at radius 1 is 1.09 bits per heavy atom. The molecule has 7 heteroatoms. The SMILES string of the molecule is Cc1ccc(NC(=O)COC(=O)c2cccc(Cl)c2Cl)c(Cl)c1. The molecule has 0 aromatic heterocycles. The van der Waals surface area contributed by atoms with Crippen molar-refractivity contribution in [1.82, 2.24) is 0 Å². The Morgan fingerprint density at radius 2 is 1.83 bits per heavy atom. The fraction of sp³-hybridized carbons (Fsp3) is 0.125. The van der Waals surface area contributed by atoms with Gasteiger partial charge >= 0.3 is 5.97 Å². The molecule has 0 aliphatic rings. The number of esters is 1. The van der Waals surface area contributed by atoms with Gasteiger partial charge in [0.2, 0.25) is 0 Å². The second-order valence-electron chi connectivity index (χ2n) is 4.71. The number of anilines is 1. The molecule has 2 aromatic carbocycles. The Balaban J connectivity index is 1.96. The Kier molecular flexibility index (Phi) is 5.88. The van der Waals surface area contributed by atoms with Crippen LogP contribution in [0.2, 0.25) is 15.1 Å². The lowest BCUT2D eigenvalue weighted by Crippen LogP contribution is -2.21. The van der Waals surface area contributed by atoms with Gasteiger partial charge in [-0.05, 0) is 36.8 Å². The first-order valence-corrected chi connectivity index (χ1v) is 7.69. The Bertz CT molecular complexity index is 762. The molecule has 2 rings (SSSR count). The third-order valence-corrected chi connectivity index (χ3v) is 4.04. The van der Waals surface area contributed by atoms with Crippen LogP contribution in [0.15, 0.2) is 36.4 Å². The second kappa shape index (κ2) is 7.68. The summed E-state index contributed by atoms with van der Waals surface area (Å²) in [6.07, 6.45) is 0. The zero-order valence-electron chi connectivity index (χ0n) is 12.0. The molecule has 0 bridgehead atoms. The van der Waals surface area contributed by atoms with Gasteiger partial charge in [-0.2, -0.15) is 0 Å². The molecule has 0 aliphatic carbocycles. The predicted molar refractivity (Wildman–Crippen MR) is 91.6 cm³/mol. The summed E-state index contributed by atoms with van der Waals surface area (Å²) in [6, 6.07) is 9.77. The van der Waals surface area contributed by atoms with Crippen LogP contribution in [0.5, 0.6) is 0 Å². The monoisotopic (exact) mass is 371 g/mol. The summed E-state index contributed by atoms with van der Waals surface area (Å²) in [5.74, 6) is -1.25. The number of nitrogens with one attached hydrogen (secondary N) is 1. The average molecular weight is 373 g/mol. The summed E-state index contributed by atoms with van der Waals surface area (Å²) in [7, 11) is 0. The van der Waals surface area contributed by atoms with E-state index in [9.17, 15) is 9.59 Å². The average Bonchev–Trinajstić information content (AvgIpc) is 2.50. The van der Waals surface area contributed by atoms with Gasteiger partial charge < -0.3 is 10.1 Å². The smallest absolute Gasteiger partial charge is 0.340 e. The maximum Gasteiger partial charge on any atom is 0.340 e. The molecule has 23 heavy (non-hydrogen) atoms. The zero-order chi connectivity index (χ0) is 17.0. The number of amides is 1. The van der Waals surface area contributed by atoms with Gasteiger partial charge in [0, 0.05) is 0 Å². The first kappa shape index (κ1) is 17.6. The minimum absolute atomic E-state index is 0.0844. The van der Waals surface area contributed by atoms with Crippen molar-refractivity contribution in [2.45, 2.75) is 6.92 Å². The van der Waals surface area contributed by atoms with E-state index >= 15 is 0 Å². The minimum atomic E-state index is -0.734. The van der Waals surface area contributed by atoms with Gasteiger partial charge in [0.1, 0.15) is 0 Å². The summed E-state index contributed by atoms with van der Waals surface area (Å²) in [5, 5.41) is 3.29. The van der Waals surface area contributed by atoms with Crippen LogP contribution in [0.1, 0.15) is 15.9 Å². The minimum Gasteiger partial charge on any atom is -0.452 e. The van der Waals surface area contributed by atoms with E-state index in [1.54, 1.807) is 30.3 Å². The molecule has 0 heterocycles. The highest BCUT2D eigenvalue weighted by atomic mass is 35.5. The number of hydrogen-bond acceptors (Lipinski definition) is 3. The molecular weight excluding hydrogens is 361 g/mol. The highest BCUT2D eigenvalue weighted by molar-refractivity contribution is 6.43. The van der Waals surface area contributed by atoms with E-state index in [-0.39, 0.29) is 15.6 Å². The number of ether oxygens (including phenoxy) is 1. The van der Waals surface area contributed by atoms with Crippen LogP contribution in [0.25, 0.3) is 0 Å². The van der Waals surface area contributed by atoms with Crippen molar-refractivity contribution in [1.29, 1.82) is 0 Å². The van der Waals surface area contributed by atoms with E-state index < -0.39 is 18.5 Å². The summed E-state index contributed by atoms with van der Waals surface area (Å²) in [6.45, 7) is 1.42. The molecule has 0 atom stereocenters. The quantitative estimate of drug-likeness (QED) is 0.788. The lowest BCUT2D eigenvalue weighted by atomic mass is 10.2. The van der Waals surface area contributed by atoms with Gasteiger partial charge in [0.15, 0.2) is 6.61 Å². The number of carbonyl (C=O) groups excluding carboxylic acids is 2. The normalized spacial score (nSPS) is 10.3. The van der Waals surface area contributed by atoms with E-state index in [0.29, 0.717) is 10.7 Å². The maximum atomic E-state index is 11.9. The molecule has 0 fully saturated rings. The summed E-state index contributed by atoms with van der Waals surface area (Å²) < 4.78 is 4.92. The molecule has 1 N–H and O–H groups in total. The molecule has 0 saturated carbocycles. The summed E-state index contributed by atoms with van der Waals surface area (Å²) >= 11 is 17.8. The van der Waals surface area contributed by atoms with Gasteiger partial charge in [-0.1, -0.05) is 46.9 Å². The molecule has 0 saturated heterocycles. The van der Waals surface area contributed by atoms with Crippen LogP contribution in [-0.2, 0) is 9.53 Å². The van der Waals surface area contributed by atoms with Crippen LogP contribution in [0.4, 0.5) is 5.69 Å². The van der Waals surface area contributed by atoms with Crippen molar-refractivity contribution in [3.63, 3.8) is 0 Å². The van der Waals surface area contributed by atoms with E-state index in [2.05, 4.69) is 5.32 Å². The number of carbonyl (C=O) groups is 2. The number of hydrogen-bond donors (Lipinski definition) is 1. The fourth-order valence-corrected chi connectivity index (χ4v) is 2.44. The van der Waals surface area contributed by atoms with Gasteiger partial charge in [0.05, 0.1) is 26.3 Å². The number of halogens is 3. The van der Waals surface area contributed by atoms with Crippen molar-refractivity contribution in [2.24, 2.45) is 0 Å². The van der Waals surface area contributed by atoms with Crippen LogP contribution in [-0.4, -0.2) is 18.5 Å². The van der Waals surface area contributed by atoms with Crippen molar-refractivity contribution >= 4 is 52.4 Å². The largest absolute Gasteiger partial charge is 0.452 e. The number of rotatable bonds is 4. The number of benzene rings is 2. The van der Waals surface area contributed by atoms with Crippen LogP contribution < -0.4 is 5.32 Å². The van der Waals surface area contributed by atoms with Gasteiger partial charge in [-0.15, -0.1) is 0 Å². The molecule has 0 unspecified atom stereocenters. The van der Waals surface area contributed by atoms with Crippen LogP contribution in [0, 0.1) is 6.92 Å². The van der Waals surface area contributed by atoms with E-state index in [0.717, 1.165) is 5.56 Å². The van der Waals surface area contributed by atoms with E-state index in [4.69, 9.17) is 39.5 Å². The van der Waals surface area contributed by atoms with Crippen molar-refractivity contribution < 1.29 is 14.3 Å². The van der Waals surface area contributed by atoms with E-state index in [1.807, 2.05) is 6.92 Å². The maximum absolute atomic E-state index is 11.9. The molecule has 0 radical (unpaired) electrons. The first-order chi connectivity index (χ1) is 10.9. The third-order valence-electron chi connectivity index (χ3n) is 2.90. The zero-order valence-corrected chi connectivity index (χ0v) is 14.3.